The zero-order chi connectivity index (χ0) is 40.1. The number of ether oxygens (including phenoxy) is 1. The summed E-state index contributed by atoms with van der Waals surface area (Å²) in [6, 6.07) is 16.5. The first-order valence-electron chi connectivity index (χ1n) is 19.7. The second-order valence-corrected chi connectivity index (χ2v) is 16.8. The second kappa shape index (κ2) is 21.4. The van der Waals surface area contributed by atoms with Crippen molar-refractivity contribution in [3.05, 3.63) is 89.0 Å². The van der Waals surface area contributed by atoms with Crippen molar-refractivity contribution in [2.75, 3.05) is 32.2 Å². The lowest BCUT2D eigenvalue weighted by Gasteiger charge is -2.37. The van der Waals surface area contributed by atoms with Crippen molar-refractivity contribution in [2.45, 2.75) is 110 Å². The number of rotatable bonds is 20. The molecular weight excluding hydrogens is 711 g/mol. The summed E-state index contributed by atoms with van der Waals surface area (Å²) in [5.74, 6) is -1.74. The highest BCUT2D eigenvalue weighted by molar-refractivity contribution is 7.49. The lowest BCUT2D eigenvalue weighted by molar-refractivity contribution is -0.134. The first-order valence-corrected chi connectivity index (χ1v) is 21.4. The van der Waals surface area contributed by atoms with Crippen molar-refractivity contribution >= 4 is 49.6 Å². The topological polar surface area (TPSA) is 117 Å². The molecule has 2 heterocycles. The lowest BCUT2D eigenvalue weighted by Crippen LogP contribution is -2.44. The molecule has 2 aromatic carbocycles. The lowest BCUT2D eigenvalue weighted by atomic mass is 9.92. The summed E-state index contributed by atoms with van der Waals surface area (Å²) < 4.78 is 15.3. The maximum Gasteiger partial charge on any atom is 0.257 e. The van der Waals surface area contributed by atoms with Crippen LogP contribution in [0.2, 0.25) is 0 Å². The van der Waals surface area contributed by atoms with Gasteiger partial charge in [-0.3, -0.25) is 29.2 Å². The van der Waals surface area contributed by atoms with Gasteiger partial charge in [0.1, 0.15) is 8.30 Å². The summed E-state index contributed by atoms with van der Waals surface area (Å²) in [5, 5.41) is 5.44. The second-order valence-electron chi connectivity index (χ2n) is 15.2. The maximum atomic E-state index is 12.9. The van der Waals surface area contributed by atoms with E-state index in [1.54, 1.807) is 6.08 Å². The minimum atomic E-state index is -0.859. The fourth-order valence-corrected chi connectivity index (χ4v) is 9.16. The van der Waals surface area contributed by atoms with Crippen LogP contribution in [0.1, 0.15) is 101 Å². The van der Waals surface area contributed by atoms with E-state index in [1.807, 2.05) is 44.4 Å². The van der Waals surface area contributed by atoms with Crippen LogP contribution in [0.5, 0.6) is 0 Å². The number of anilines is 1. The number of ketones is 1. The van der Waals surface area contributed by atoms with E-state index < -0.39 is 26.2 Å². The number of allylic oxidation sites excluding steroid dienone is 1. The average molecular weight is 773 g/mol. The number of amides is 3. The molecule has 3 amide bonds. The maximum absolute atomic E-state index is 12.9. The minimum Gasteiger partial charge on any atom is -0.378 e. The van der Waals surface area contributed by atoms with E-state index in [4.69, 9.17) is 9.26 Å². The van der Waals surface area contributed by atoms with Crippen molar-refractivity contribution in [1.29, 1.82) is 0 Å². The van der Waals surface area contributed by atoms with Crippen LogP contribution in [-0.2, 0) is 23.6 Å². The molecule has 2 aliphatic rings. The minimum absolute atomic E-state index is 0.0798. The number of hydrogen-bond donors (Lipinski definition) is 2. The smallest absolute Gasteiger partial charge is 0.257 e. The highest BCUT2D eigenvalue weighted by atomic mass is 31.2. The SMILES string of the molecule is CCC1OC(C2C=C(/C=C/C(=O)CCCCCCNC(=O)c3ccc(/C=C/c4ccc(N(C)C)cc4)cc3)C(=O)NC2=O)CC1OP(C)N(C(C)C)C(C)C. The van der Waals surface area contributed by atoms with Crippen molar-refractivity contribution in [3.63, 3.8) is 0 Å². The summed E-state index contributed by atoms with van der Waals surface area (Å²) in [4.78, 5) is 52.9. The Morgan fingerprint density at radius 2 is 1.55 bits per heavy atom. The largest absolute Gasteiger partial charge is 0.378 e. The average Bonchev–Trinajstić information content (AvgIpc) is 3.55. The zero-order valence-corrected chi connectivity index (χ0v) is 34.8. The normalized spacial score (nSPS) is 20.8. The molecule has 5 unspecified atom stereocenters. The van der Waals surface area contributed by atoms with Crippen LogP contribution in [0.4, 0.5) is 5.69 Å². The number of nitrogens with one attached hydrogen (secondary N) is 2. The van der Waals surface area contributed by atoms with E-state index in [2.05, 4.69) is 91.8 Å². The molecular formula is C44H61N4O6P. The molecule has 5 atom stereocenters. The summed E-state index contributed by atoms with van der Waals surface area (Å²) in [7, 11) is 3.18. The molecule has 10 nitrogen and oxygen atoms in total. The molecule has 11 heteroatoms. The van der Waals surface area contributed by atoms with Crippen molar-refractivity contribution in [1.82, 2.24) is 15.3 Å². The van der Waals surface area contributed by atoms with E-state index in [0.717, 1.165) is 42.5 Å². The van der Waals surface area contributed by atoms with E-state index >= 15 is 0 Å². The summed E-state index contributed by atoms with van der Waals surface area (Å²) in [6.45, 7) is 13.4. The number of carbonyl (C=O) groups excluding carboxylic acids is 4. The van der Waals surface area contributed by atoms with Gasteiger partial charge in [-0.2, -0.15) is 0 Å². The number of unbranched alkanes of at least 4 members (excludes halogenated alkanes) is 3. The van der Waals surface area contributed by atoms with Gasteiger partial charge < -0.3 is 19.5 Å². The third kappa shape index (κ3) is 13.1. The number of imide groups is 1. The quantitative estimate of drug-likeness (QED) is 0.0458. The predicted molar refractivity (Wildman–Crippen MR) is 224 cm³/mol. The van der Waals surface area contributed by atoms with Gasteiger partial charge >= 0.3 is 0 Å². The standard InChI is InChI=1S/C44H61N4O6P/c1-9-39-41(54-55(8)48(30(2)3)31(4)5)29-40(53-39)38-28-35(43(51)46-44(38)52)23-26-37(49)14-12-10-11-13-27-45-42(50)34-21-17-32(18-22-34)15-16-33-19-24-36(25-20-33)47(6)7/h15-26,28,30-31,38-41H,9-14,27,29H2,1-8H3,(H,45,50)(H,46,51,52)/b16-15+,26-23+. The van der Waals surface area contributed by atoms with Gasteiger partial charge in [-0.15, -0.1) is 0 Å². The van der Waals surface area contributed by atoms with Crippen LogP contribution in [-0.4, -0.2) is 85.9 Å². The zero-order valence-electron chi connectivity index (χ0n) is 33.9. The Bertz CT molecular complexity index is 1680. The Morgan fingerprint density at radius 1 is 0.927 bits per heavy atom. The number of benzene rings is 2. The Morgan fingerprint density at radius 3 is 2.15 bits per heavy atom. The van der Waals surface area contributed by atoms with Crippen molar-refractivity contribution in [3.8, 4) is 0 Å². The fraction of sp³-hybridized carbons (Fsp3) is 0.500. The molecule has 55 heavy (non-hydrogen) atoms. The number of nitrogens with zero attached hydrogens (tertiary/aromatic N) is 2. The van der Waals surface area contributed by atoms with Gasteiger partial charge in [0.05, 0.1) is 24.2 Å². The van der Waals surface area contributed by atoms with Crippen LogP contribution < -0.4 is 15.5 Å². The van der Waals surface area contributed by atoms with E-state index in [0.29, 0.717) is 43.5 Å². The first kappa shape index (κ1) is 43.8. The van der Waals surface area contributed by atoms with Gasteiger partial charge in [-0.1, -0.05) is 62.3 Å². The summed E-state index contributed by atoms with van der Waals surface area (Å²) in [5.41, 5.74) is 4.18. The Kier molecular flexibility index (Phi) is 17.0. The van der Waals surface area contributed by atoms with Crippen LogP contribution in [0, 0.1) is 5.92 Å². The molecule has 0 aliphatic carbocycles. The van der Waals surface area contributed by atoms with E-state index in [9.17, 15) is 19.2 Å². The molecule has 1 saturated heterocycles. The van der Waals surface area contributed by atoms with Gasteiger partial charge in [0.15, 0.2) is 5.78 Å². The molecule has 0 radical (unpaired) electrons. The monoisotopic (exact) mass is 772 g/mol. The first-order chi connectivity index (χ1) is 26.3. The Hall–Kier alpha value is -3.95. The summed E-state index contributed by atoms with van der Waals surface area (Å²) in [6.07, 6.45) is 12.9. The van der Waals surface area contributed by atoms with Crippen LogP contribution in [0.3, 0.4) is 0 Å². The molecule has 1 fully saturated rings. The van der Waals surface area contributed by atoms with E-state index in [1.165, 1.54) is 12.2 Å². The van der Waals surface area contributed by atoms with Crippen LogP contribution in [0.15, 0.2) is 72.3 Å². The third-order valence-corrected chi connectivity index (χ3v) is 12.1. The molecule has 298 valence electrons. The highest BCUT2D eigenvalue weighted by Gasteiger charge is 2.44. The molecule has 2 N–H and O–H groups in total. The molecule has 0 spiro atoms. The Labute approximate surface area is 329 Å². The van der Waals surface area contributed by atoms with Gasteiger partial charge in [0, 0.05) is 62.4 Å². The summed E-state index contributed by atoms with van der Waals surface area (Å²) >= 11 is 0. The number of carbonyl (C=O) groups is 4. The van der Waals surface area contributed by atoms with Gasteiger partial charge in [-0.05, 0) is 101 Å². The molecule has 0 bridgehead atoms. The van der Waals surface area contributed by atoms with Crippen molar-refractivity contribution < 1.29 is 28.4 Å². The van der Waals surface area contributed by atoms with Crippen molar-refractivity contribution in [2.24, 2.45) is 5.92 Å². The van der Waals surface area contributed by atoms with Crippen LogP contribution >= 0.6 is 8.30 Å². The van der Waals surface area contributed by atoms with Gasteiger partial charge in [0.25, 0.3) is 11.8 Å². The molecule has 2 aliphatic heterocycles. The molecule has 0 saturated carbocycles. The van der Waals surface area contributed by atoms with E-state index in [-0.39, 0.29) is 35.4 Å². The highest BCUT2D eigenvalue weighted by Crippen LogP contribution is 2.46. The third-order valence-electron chi connectivity index (χ3n) is 10.00. The van der Waals surface area contributed by atoms with Gasteiger partial charge in [-0.25, -0.2) is 0 Å². The van der Waals surface area contributed by atoms with Crippen LogP contribution in [0.25, 0.3) is 12.2 Å². The molecule has 0 aromatic heterocycles. The molecule has 2 aromatic rings. The molecule has 4 rings (SSSR count). The predicted octanol–water partition coefficient (Wildman–Crippen LogP) is 7.94. The fourth-order valence-electron chi connectivity index (χ4n) is 7.14. The Balaban J connectivity index is 1.16. The number of hydrogen-bond acceptors (Lipinski definition) is 8. The van der Waals surface area contributed by atoms with Gasteiger partial charge in [0.2, 0.25) is 5.91 Å².